The van der Waals surface area contributed by atoms with Gasteiger partial charge in [0.15, 0.2) is 0 Å². The fourth-order valence-electron chi connectivity index (χ4n) is 1.01. The molecular weight excluding hydrogens is 211 g/mol. The van der Waals surface area contributed by atoms with Crippen LogP contribution in [0.1, 0.15) is 5.56 Å². The number of methoxy groups -OCH3 is 1. The first kappa shape index (κ1) is 10.9. The van der Waals surface area contributed by atoms with E-state index in [-0.39, 0.29) is 12.4 Å². The average molecular weight is 220 g/mol. The van der Waals surface area contributed by atoms with Crippen LogP contribution in [-0.2, 0) is 16.8 Å². The minimum Gasteiger partial charge on any atom is -0.495 e. The summed E-state index contributed by atoms with van der Waals surface area (Å²) in [5.41, 5.74) is 0.453. The highest BCUT2D eigenvalue weighted by atomic mass is 32.3. The molecule has 4 nitrogen and oxygen atoms in total. The Hall–Kier alpha value is -1.14. The molecule has 14 heavy (non-hydrogen) atoms. The van der Waals surface area contributed by atoms with Gasteiger partial charge in [0.1, 0.15) is 10.6 Å². The van der Waals surface area contributed by atoms with Crippen molar-refractivity contribution in [1.82, 2.24) is 0 Å². The molecule has 0 aromatic heterocycles. The SMILES string of the molecule is COc1cc(CO)ccc1S(=O)(=O)F. The van der Waals surface area contributed by atoms with Crippen LogP contribution < -0.4 is 4.74 Å². The molecule has 0 amide bonds. The van der Waals surface area contributed by atoms with E-state index in [0.717, 1.165) is 6.07 Å². The maximum Gasteiger partial charge on any atom is 0.335 e. The molecule has 0 aliphatic rings. The van der Waals surface area contributed by atoms with E-state index in [4.69, 9.17) is 5.11 Å². The number of halogens is 1. The van der Waals surface area contributed by atoms with Gasteiger partial charge in [0.05, 0.1) is 13.7 Å². The zero-order chi connectivity index (χ0) is 10.8. The predicted octanol–water partition coefficient (Wildman–Crippen LogP) is 0.846. The van der Waals surface area contributed by atoms with Crippen molar-refractivity contribution < 1.29 is 22.1 Å². The number of aliphatic hydroxyl groups is 1. The molecule has 1 N–H and O–H groups in total. The summed E-state index contributed by atoms with van der Waals surface area (Å²) in [6, 6.07) is 3.64. The van der Waals surface area contributed by atoms with E-state index in [1.54, 1.807) is 0 Å². The molecule has 0 aliphatic heterocycles. The molecule has 1 rings (SSSR count). The summed E-state index contributed by atoms with van der Waals surface area (Å²) in [6.07, 6.45) is 0. The molecule has 0 saturated carbocycles. The Kier molecular flexibility index (Phi) is 3.07. The fourth-order valence-corrected chi connectivity index (χ4v) is 1.62. The van der Waals surface area contributed by atoms with Gasteiger partial charge in [-0.2, -0.15) is 8.42 Å². The third-order valence-electron chi connectivity index (χ3n) is 1.67. The van der Waals surface area contributed by atoms with E-state index < -0.39 is 15.1 Å². The minimum atomic E-state index is -4.78. The summed E-state index contributed by atoms with van der Waals surface area (Å²) in [6.45, 7) is -0.261. The Bertz CT molecular complexity index is 427. The normalized spacial score (nSPS) is 11.4. The largest absolute Gasteiger partial charge is 0.495 e. The highest BCUT2D eigenvalue weighted by Gasteiger charge is 2.18. The van der Waals surface area contributed by atoms with E-state index >= 15 is 0 Å². The van der Waals surface area contributed by atoms with Gasteiger partial charge >= 0.3 is 10.2 Å². The summed E-state index contributed by atoms with van der Waals surface area (Å²) in [4.78, 5) is -0.530. The molecule has 0 heterocycles. The zero-order valence-electron chi connectivity index (χ0n) is 7.40. The van der Waals surface area contributed by atoms with Crippen LogP contribution in [0.25, 0.3) is 0 Å². The number of aliphatic hydroxyl groups excluding tert-OH is 1. The van der Waals surface area contributed by atoms with Gasteiger partial charge in [-0.25, -0.2) is 0 Å². The first-order chi connectivity index (χ1) is 6.49. The van der Waals surface area contributed by atoms with Gasteiger partial charge in [-0.05, 0) is 17.7 Å². The fraction of sp³-hybridized carbons (Fsp3) is 0.250. The molecule has 0 atom stereocenters. The van der Waals surface area contributed by atoms with Crippen molar-refractivity contribution in [1.29, 1.82) is 0 Å². The van der Waals surface area contributed by atoms with Crippen molar-refractivity contribution in [2.45, 2.75) is 11.5 Å². The van der Waals surface area contributed by atoms with Crippen molar-refractivity contribution in [2.24, 2.45) is 0 Å². The Labute approximate surface area is 81.2 Å². The van der Waals surface area contributed by atoms with E-state index in [2.05, 4.69) is 4.74 Å². The topological polar surface area (TPSA) is 63.6 Å². The lowest BCUT2D eigenvalue weighted by molar-refractivity contribution is 0.280. The summed E-state index contributed by atoms with van der Waals surface area (Å²) in [7, 11) is -3.55. The Morgan fingerprint density at radius 2 is 2.14 bits per heavy atom. The van der Waals surface area contributed by atoms with Gasteiger partial charge in [-0.1, -0.05) is 6.07 Å². The highest BCUT2D eigenvalue weighted by molar-refractivity contribution is 7.86. The van der Waals surface area contributed by atoms with E-state index in [0.29, 0.717) is 5.56 Å². The van der Waals surface area contributed by atoms with Gasteiger partial charge in [-0.15, -0.1) is 3.89 Å². The first-order valence-electron chi connectivity index (χ1n) is 3.71. The van der Waals surface area contributed by atoms with E-state index in [1.165, 1.54) is 19.2 Å². The lowest BCUT2D eigenvalue weighted by Crippen LogP contribution is -1.98. The van der Waals surface area contributed by atoms with Crippen LogP contribution in [0.4, 0.5) is 3.89 Å². The average Bonchev–Trinajstić information content (AvgIpc) is 2.15. The van der Waals surface area contributed by atoms with Crippen molar-refractivity contribution in [2.75, 3.05) is 7.11 Å². The van der Waals surface area contributed by atoms with Crippen LogP contribution in [-0.4, -0.2) is 20.6 Å². The smallest absolute Gasteiger partial charge is 0.335 e. The molecule has 78 valence electrons. The lowest BCUT2D eigenvalue weighted by Gasteiger charge is -2.05. The van der Waals surface area contributed by atoms with E-state index in [9.17, 15) is 12.3 Å². The molecule has 0 unspecified atom stereocenters. The van der Waals surface area contributed by atoms with Crippen LogP contribution in [0.5, 0.6) is 5.75 Å². The summed E-state index contributed by atoms with van der Waals surface area (Å²) < 4.78 is 38.5. The van der Waals surface area contributed by atoms with Gasteiger partial charge in [0.2, 0.25) is 0 Å². The molecule has 1 aromatic carbocycles. The third-order valence-corrected chi connectivity index (χ3v) is 2.54. The Morgan fingerprint density at radius 3 is 2.57 bits per heavy atom. The van der Waals surface area contributed by atoms with Gasteiger partial charge in [0.25, 0.3) is 0 Å². The minimum absolute atomic E-state index is 0.112. The molecule has 0 bridgehead atoms. The van der Waals surface area contributed by atoms with Crippen LogP contribution in [0.15, 0.2) is 23.1 Å². The number of hydrogen-bond acceptors (Lipinski definition) is 4. The molecular formula is C8H9FO4S. The summed E-state index contributed by atoms with van der Waals surface area (Å²) >= 11 is 0. The Morgan fingerprint density at radius 1 is 1.50 bits per heavy atom. The third kappa shape index (κ3) is 2.21. The second-order valence-electron chi connectivity index (χ2n) is 2.58. The molecule has 0 radical (unpaired) electrons. The van der Waals surface area contributed by atoms with Crippen molar-refractivity contribution in [3.63, 3.8) is 0 Å². The van der Waals surface area contributed by atoms with E-state index in [1.807, 2.05) is 0 Å². The molecule has 0 spiro atoms. The van der Waals surface area contributed by atoms with Crippen LogP contribution in [0.3, 0.4) is 0 Å². The molecule has 1 aromatic rings. The second kappa shape index (κ2) is 3.93. The standard InChI is InChI=1S/C8H9FO4S/c1-13-7-4-6(5-10)2-3-8(7)14(9,11)12/h2-4,10H,5H2,1H3. The number of benzene rings is 1. The Balaban J connectivity index is 3.33. The van der Waals surface area contributed by atoms with Crippen molar-refractivity contribution in [3.8, 4) is 5.75 Å². The highest BCUT2D eigenvalue weighted by Crippen LogP contribution is 2.26. The van der Waals surface area contributed by atoms with Gasteiger partial charge < -0.3 is 9.84 Å². The summed E-state index contributed by atoms with van der Waals surface area (Å²) in [5.74, 6) is -0.112. The number of ether oxygens (including phenoxy) is 1. The van der Waals surface area contributed by atoms with Crippen molar-refractivity contribution >= 4 is 10.2 Å². The quantitative estimate of drug-likeness (QED) is 0.767. The zero-order valence-corrected chi connectivity index (χ0v) is 8.21. The lowest BCUT2D eigenvalue weighted by atomic mass is 10.2. The van der Waals surface area contributed by atoms with Crippen LogP contribution >= 0.6 is 0 Å². The number of rotatable bonds is 3. The molecule has 6 heteroatoms. The second-order valence-corrected chi connectivity index (χ2v) is 3.90. The van der Waals surface area contributed by atoms with Crippen LogP contribution in [0.2, 0.25) is 0 Å². The van der Waals surface area contributed by atoms with Gasteiger partial charge in [-0.3, -0.25) is 0 Å². The monoisotopic (exact) mass is 220 g/mol. The maximum atomic E-state index is 12.6. The predicted molar refractivity (Wildman–Crippen MR) is 47.2 cm³/mol. The molecule has 0 fully saturated rings. The molecule has 0 saturated heterocycles. The van der Waals surface area contributed by atoms with Crippen LogP contribution in [0, 0.1) is 0 Å². The number of hydrogen-bond donors (Lipinski definition) is 1. The van der Waals surface area contributed by atoms with Gasteiger partial charge in [0, 0.05) is 0 Å². The first-order valence-corrected chi connectivity index (χ1v) is 5.10. The summed E-state index contributed by atoms with van der Waals surface area (Å²) in [5, 5.41) is 8.75. The van der Waals surface area contributed by atoms with Crippen molar-refractivity contribution in [3.05, 3.63) is 23.8 Å². The maximum absolute atomic E-state index is 12.6. The molecule has 0 aliphatic carbocycles.